The summed E-state index contributed by atoms with van der Waals surface area (Å²) in [6.45, 7) is 0. The summed E-state index contributed by atoms with van der Waals surface area (Å²) in [5.74, 6) is 0.359. The van der Waals surface area contributed by atoms with Gasteiger partial charge in [0, 0.05) is 0 Å². The lowest BCUT2D eigenvalue weighted by Crippen LogP contribution is -2.18. The van der Waals surface area contributed by atoms with Crippen molar-refractivity contribution >= 4 is 5.97 Å². The number of aliphatic hydroxyl groups is 1. The van der Waals surface area contributed by atoms with E-state index in [1.807, 2.05) is 6.08 Å². The number of allylic oxidation sites excluding steroid dienone is 1. The first-order valence-electron chi connectivity index (χ1n) is 4.05. The predicted octanol–water partition coefficient (Wildman–Crippen LogP) is 0.898. The van der Waals surface area contributed by atoms with Crippen molar-refractivity contribution in [2.75, 3.05) is 0 Å². The van der Waals surface area contributed by atoms with Crippen molar-refractivity contribution in [3.8, 4) is 0 Å². The standard InChI is InChI=1S/C9H10O3/c10-7-3-1-6-2-4-9(11)12-8(6)5-7/h1,5,7,10H,2-4H2. The molecule has 0 aromatic heterocycles. The topological polar surface area (TPSA) is 46.5 Å². The van der Waals surface area contributed by atoms with E-state index >= 15 is 0 Å². The normalized spacial score (nSPS) is 28.4. The van der Waals surface area contributed by atoms with E-state index in [0.29, 0.717) is 18.6 Å². The summed E-state index contributed by atoms with van der Waals surface area (Å²) in [4.78, 5) is 10.9. The highest BCUT2D eigenvalue weighted by Gasteiger charge is 2.22. The van der Waals surface area contributed by atoms with Crippen molar-refractivity contribution < 1.29 is 14.6 Å². The summed E-state index contributed by atoms with van der Waals surface area (Å²) in [6.07, 6.45) is 4.89. The number of ether oxygens (including phenoxy) is 1. The zero-order chi connectivity index (χ0) is 8.55. The van der Waals surface area contributed by atoms with Gasteiger partial charge in [0.1, 0.15) is 5.76 Å². The maximum atomic E-state index is 10.9. The van der Waals surface area contributed by atoms with Crippen LogP contribution in [0.4, 0.5) is 0 Å². The van der Waals surface area contributed by atoms with Crippen LogP contribution < -0.4 is 0 Å². The van der Waals surface area contributed by atoms with Crippen LogP contribution in [0, 0.1) is 0 Å². The monoisotopic (exact) mass is 166 g/mol. The number of hydrogen-bond acceptors (Lipinski definition) is 3. The molecule has 0 aromatic carbocycles. The van der Waals surface area contributed by atoms with Crippen molar-refractivity contribution in [1.82, 2.24) is 0 Å². The van der Waals surface area contributed by atoms with Crippen LogP contribution in [-0.4, -0.2) is 17.2 Å². The minimum atomic E-state index is -0.491. The van der Waals surface area contributed by atoms with E-state index < -0.39 is 6.10 Å². The third kappa shape index (κ3) is 1.28. The van der Waals surface area contributed by atoms with Crippen LogP contribution in [-0.2, 0) is 9.53 Å². The molecule has 0 spiro atoms. The molecule has 1 fully saturated rings. The lowest BCUT2D eigenvalue weighted by Gasteiger charge is -2.22. The molecule has 0 aromatic rings. The number of rotatable bonds is 0. The van der Waals surface area contributed by atoms with Gasteiger partial charge in [0.15, 0.2) is 0 Å². The molecule has 1 aliphatic heterocycles. The molecule has 0 bridgehead atoms. The summed E-state index contributed by atoms with van der Waals surface area (Å²) < 4.78 is 4.95. The average molecular weight is 166 g/mol. The Balaban J connectivity index is 2.23. The number of hydrogen-bond donors (Lipinski definition) is 1. The van der Waals surface area contributed by atoms with Gasteiger partial charge in [0.05, 0.1) is 12.5 Å². The molecule has 12 heavy (non-hydrogen) atoms. The molecule has 0 saturated carbocycles. The first-order chi connectivity index (χ1) is 5.75. The van der Waals surface area contributed by atoms with Crippen LogP contribution >= 0.6 is 0 Å². The first kappa shape index (κ1) is 7.55. The van der Waals surface area contributed by atoms with E-state index in [9.17, 15) is 9.90 Å². The van der Waals surface area contributed by atoms with E-state index in [1.165, 1.54) is 0 Å². The van der Waals surface area contributed by atoms with E-state index in [-0.39, 0.29) is 5.97 Å². The lowest BCUT2D eigenvalue weighted by atomic mass is 9.97. The maximum absolute atomic E-state index is 10.9. The van der Waals surface area contributed by atoms with Crippen LogP contribution in [0.2, 0.25) is 0 Å². The Kier molecular flexibility index (Phi) is 1.73. The number of esters is 1. The molecule has 2 rings (SSSR count). The summed E-state index contributed by atoms with van der Waals surface area (Å²) in [7, 11) is 0. The number of carbonyl (C=O) groups is 1. The summed E-state index contributed by atoms with van der Waals surface area (Å²) in [5, 5.41) is 9.22. The fraction of sp³-hybridized carbons (Fsp3) is 0.444. The second-order valence-electron chi connectivity index (χ2n) is 3.04. The molecule has 64 valence electrons. The summed E-state index contributed by atoms with van der Waals surface area (Å²) in [6, 6.07) is 0. The highest BCUT2D eigenvalue weighted by molar-refractivity contribution is 5.74. The summed E-state index contributed by atoms with van der Waals surface area (Å²) in [5.41, 5.74) is 1.06. The smallest absolute Gasteiger partial charge is 0.311 e. The van der Waals surface area contributed by atoms with Gasteiger partial charge in [-0.15, -0.1) is 0 Å². The zero-order valence-corrected chi connectivity index (χ0v) is 6.62. The van der Waals surface area contributed by atoms with Gasteiger partial charge in [0.2, 0.25) is 0 Å². The minimum absolute atomic E-state index is 0.201. The van der Waals surface area contributed by atoms with Gasteiger partial charge in [0.25, 0.3) is 0 Å². The Morgan fingerprint density at radius 2 is 2.33 bits per heavy atom. The molecule has 3 heteroatoms. The molecule has 2 aliphatic rings. The molecule has 1 saturated heterocycles. The lowest BCUT2D eigenvalue weighted by molar-refractivity contribution is -0.140. The Labute approximate surface area is 70.3 Å². The van der Waals surface area contributed by atoms with Gasteiger partial charge < -0.3 is 9.84 Å². The van der Waals surface area contributed by atoms with Gasteiger partial charge >= 0.3 is 5.97 Å². The van der Waals surface area contributed by atoms with Crippen LogP contribution in [0.5, 0.6) is 0 Å². The Hall–Kier alpha value is -1.09. The Bertz CT molecular complexity index is 275. The number of fused-ring (bicyclic) bond motifs is 1. The molecule has 0 radical (unpaired) electrons. The molecule has 1 heterocycles. The summed E-state index contributed by atoms with van der Waals surface area (Å²) >= 11 is 0. The van der Waals surface area contributed by atoms with E-state index in [4.69, 9.17) is 4.74 Å². The molecule has 3 nitrogen and oxygen atoms in total. The predicted molar refractivity (Wildman–Crippen MR) is 42.1 cm³/mol. The van der Waals surface area contributed by atoms with E-state index in [2.05, 4.69) is 0 Å². The second-order valence-corrected chi connectivity index (χ2v) is 3.04. The average Bonchev–Trinajstić information content (AvgIpc) is 2.03. The number of carbonyl (C=O) groups excluding carboxylic acids is 1. The molecular formula is C9H10O3. The molecule has 1 atom stereocenters. The number of aliphatic hydroxyl groups excluding tert-OH is 1. The largest absolute Gasteiger partial charge is 0.426 e. The van der Waals surface area contributed by atoms with Crippen LogP contribution in [0.3, 0.4) is 0 Å². The molecular weight excluding hydrogens is 156 g/mol. The molecule has 1 N–H and O–H groups in total. The maximum Gasteiger partial charge on any atom is 0.311 e. The van der Waals surface area contributed by atoms with Gasteiger partial charge in [-0.1, -0.05) is 6.08 Å². The van der Waals surface area contributed by atoms with Crippen LogP contribution in [0.15, 0.2) is 23.5 Å². The van der Waals surface area contributed by atoms with Gasteiger partial charge in [-0.3, -0.25) is 4.79 Å². The minimum Gasteiger partial charge on any atom is -0.426 e. The first-order valence-corrected chi connectivity index (χ1v) is 4.05. The van der Waals surface area contributed by atoms with Crippen molar-refractivity contribution in [2.24, 2.45) is 0 Å². The second kappa shape index (κ2) is 2.75. The molecule has 1 aliphatic carbocycles. The van der Waals surface area contributed by atoms with Crippen molar-refractivity contribution in [1.29, 1.82) is 0 Å². The van der Waals surface area contributed by atoms with E-state index in [0.717, 1.165) is 12.0 Å². The molecule has 1 unspecified atom stereocenters. The quantitative estimate of drug-likeness (QED) is 0.544. The van der Waals surface area contributed by atoms with Gasteiger partial charge in [-0.25, -0.2) is 0 Å². The Morgan fingerprint density at radius 1 is 1.50 bits per heavy atom. The third-order valence-corrected chi connectivity index (χ3v) is 2.09. The van der Waals surface area contributed by atoms with Crippen molar-refractivity contribution in [3.63, 3.8) is 0 Å². The highest BCUT2D eigenvalue weighted by Crippen LogP contribution is 2.28. The fourth-order valence-corrected chi connectivity index (χ4v) is 1.45. The highest BCUT2D eigenvalue weighted by atomic mass is 16.5. The van der Waals surface area contributed by atoms with Crippen LogP contribution in [0.25, 0.3) is 0 Å². The third-order valence-electron chi connectivity index (χ3n) is 2.09. The SMILES string of the molecule is O=C1CCC2=CCC(O)C=C2O1. The van der Waals surface area contributed by atoms with E-state index in [1.54, 1.807) is 6.08 Å². The van der Waals surface area contributed by atoms with Crippen molar-refractivity contribution in [3.05, 3.63) is 23.5 Å². The zero-order valence-electron chi connectivity index (χ0n) is 6.62. The van der Waals surface area contributed by atoms with Crippen molar-refractivity contribution in [2.45, 2.75) is 25.4 Å². The fourth-order valence-electron chi connectivity index (χ4n) is 1.45. The van der Waals surface area contributed by atoms with Crippen LogP contribution in [0.1, 0.15) is 19.3 Å². The molecule has 0 amide bonds. The van der Waals surface area contributed by atoms with Gasteiger partial charge in [-0.05, 0) is 24.5 Å². The van der Waals surface area contributed by atoms with Gasteiger partial charge in [-0.2, -0.15) is 0 Å². The Morgan fingerprint density at radius 3 is 3.17 bits per heavy atom.